The van der Waals surface area contributed by atoms with Gasteiger partial charge in [0, 0.05) is 0 Å². The van der Waals surface area contributed by atoms with Crippen LogP contribution >= 0.6 is 12.4 Å². The zero-order valence-corrected chi connectivity index (χ0v) is 21.0. The lowest BCUT2D eigenvalue weighted by Gasteiger charge is -2.38. The molecule has 4 rings (SSSR count). The van der Waals surface area contributed by atoms with Crippen LogP contribution in [0.5, 0.6) is 0 Å². The van der Waals surface area contributed by atoms with Crippen LogP contribution in [-0.2, 0) is 11.1 Å². The maximum absolute atomic E-state index is 13.8. The van der Waals surface area contributed by atoms with Gasteiger partial charge in [-0.15, -0.1) is 12.4 Å². The largest absolute Gasteiger partial charge is 0.363 e. The Morgan fingerprint density at radius 2 is 1.67 bits per heavy atom. The molecule has 1 aliphatic heterocycles. The molecule has 2 aromatic carbocycles. The molecule has 2 heterocycles. The van der Waals surface area contributed by atoms with Crippen LogP contribution in [0, 0.1) is 6.92 Å². The van der Waals surface area contributed by atoms with E-state index in [0.29, 0.717) is 5.56 Å². The Morgan fingerprint density at radius 1 is 1.09 bits per heavy atom. The molecule has 0 spiro atoms. The van der Waals surface area contributed by atoms with Crippen LogP contribution in [0.1, 0.15) is 80.2 Å². The normalized spacial score (nSPS) is 16.8. The average Bonchev–Trinajstić information content (AvgIpc) is 3.15. The van der Waals surface area contributed by atoms with Gasteiger partial charge >= 0.3 is 0 Å². The summed E-state index contributed by atoms with van der Waals surface area (Å²) in [6.45, 7) is 10.6. The van der Waals surface area contributed by atoms with Gasteiger partial charge < -0.3 is 10.6 Å². The van der Waals surface area contributed by atoms with Crippen molar-refractivity contribution in [3.8, 4) is 0 Å². The summed E-state index contributed by atoms with van der Waals surface area (Å²) in [4.78, 5) is 13.8. The van der Waals surface area contributed by atoms with Gasteiger partial charge in [-0.2, -0.15) is 5.10 Å². The van der Waals surface area contributed by atoms with E-state index in [1.807, 2.05) is 35.9 Å². The van der Waals surface area contributed by atoms with Crippen molar-refractivity contribution in [2.45, 2.75) is 71.0 Å². The van der Waals surface area contributed by atoms with Crippen LogP contribution < -0.4 is 10.6 Å². The quantitative estimate of drug-likeness (QED) is 0.445. The zero-order chi connectivity index (χ0) is 22.9. The highest BCUT2D eigenvalue weighted by Gasteiger charge is 2.39. The SMILES string of the molecule is CCC(CC)(NC(=O)c1c(C)nn2c1N[C@@H](c1ccccc1)CC2(C)C)c1ccccc1.Cl. The Kier molecular flexibility index (Phi) is 7.23. The fraction of sp³-hybridized carbons (Fsp3) is 0.407. The van der Waals surface area contributed by atoms with Gasteiger partial charge in [0.1, 0.15) is 11.4 Å². The summed E-state index contributed by atoms with van der Waals surface area (Å²) in [6, 6.07) is 20.8. The van der Waals surface area contributed by atoms with Gasteiger partial charge in [-0.05, 0) is 51.2 Å². The molecule has 1 aromatic heterocycles. The molecule has 0 saturated carbocycles. The fourth-order valence-electron chi connectivity index (χ4n) is 5.00. The number of amides is 1. The third-order valence-corrected chi connectivity index (χ3v) is 6.96. The van der Waals surface area contributed by atoms with E-state index in [2.05, 4.69) is 74.7 Å². The molecule has 176 valence electrons. The number of anilines is 1. The molecule has 0 fully saturated rings. The number of carbonyl (C=O) groups is 1. The molecule has 0 radical (unpaired) electrons. The van der Waals surface area contributed by atoms with E-state index < -0.39 is 5.54 Å². The van der Waals surface area contributed by atoms with Gasteiger partial charge in [0.25, 0.3) is 5.91 Å². The minimum absolute atomic E-state index is 0. The van der Waals surface area contributed by atoms with Gasteiger partial charge in [0.05, 0.1) is 22.8 Å². The Hall–Kier alpha value is -2.79. The summed E-state index contributed by atoms with van der Waals surface area (Å²) < 4.78 is 2.00. The molecule has 1 atom stereocenters. The first-order valence-corrected chi connectivity index (χ1v) is 11.6. The number of hydrogen-bond donors (Lipinski definition) is 2. The van der Waals surface area contributed by atoms with Gasteiger partial charge in [0.2, 0.25) is 0 Å². The highest BCUT2D eigenvalue weighted by atomic mass is 35.5. The minimum Gasteiger partial charge on any atom is -0.363 e. The highest BCUT2D eigenvalue weighted by Crippen LogP contribution is 2.41. The van der Waals surface area contributed by atoms with Crippen molar-refractivity contribution in [2.24, 2.45) is 0 Å². The first-order chi connectivity index (χ1) is 15.3. The zero-order valence-electron chi connectivity index (χ0n) is 20.2. The summed E-state index contributed by atoms with van der Waals surface area (Å²) in [6.07, 6.45) is 2.52. The molecule has 6 heteroatoms. The lowest BCUT2D eigenvalue weighted by molar-refractivity contribution is 0.0889. The molecule has 1 aliphatic rings. The smallest absolute Gasteiger partial charge is 0.257 e. The standard InChI is InChI=1S/C27H34N4O.ClH/c1-6-27(7-2,21-16-12-9-13-17-21)29-25(32)23-19(3)30-31-24(23)28-22(18-26(31,4)5)20-14-10-8-11-15-20;/h8-17,22,28H,6-7,18H2,1-5H3,(H,29,32);1H/t22-;/m1./s1. The number of aromatic nitrogens is 2. The summed E-state index contributed by atoms with van der Waals surface area (Å²) >= 11 is 0. The maximum Gasteiger partial charge on any atom is 0.257 e. The van der Waals surface area contributed by atoms with Gasteiger partial charge in [-0.1, -0.05) is 74.5 Å². The van der Waals surface area contributed by atoms with Crippen molar-refractivity contribution in [1.82, 2.24) is 15.1 Å². The predicted molar refractivity (Wildman–Crippen MR) is 137 cm³/mol. The molecule has 0 saturated heterocycles. The molecule has 0 aliphatic carbocycles. The molecule has 33 heavy (non-hydrogen) atoms. The number of rotatable bonds is 6. The van der Waals surface area contributed by atoms with Crippen molar-refractivity contribution in [3.05, 3.63) is 83.0 Å². The van der Waals surface area contributed by atoms with E-state index in [1.54, 1.807) is 0 Å². The van der Waals surface area contributed by atoms with E-state index in [-0.39, 0.29) is 29.9 Å². The average molecular weight is 467 g/mol. The van der Waals surface area contributed by atoms with Crippen LogP contribution in [-0.4, -0.2) is 15.7 Å². The molecule has 2 N–H and O–H groups in total. The Balaban J connectivity index is 0.00000306. The van der Waals surface area contributed by atoms with Crippen molar-refractivity contribution in [3.63, 3.8) is 0 Å². The number of hydrogen-bond acceptors (Lipinski definition) is 3. The monoisotopic (exact) mass is 466 g/mol. The van der Waals surface area contributed by atoms with Crippen LogP contribution in [0.25, 0.3) is 0 Å². The number of nitrogens with one attached hydrogen (secondary N) is 2. The molecule has 0 bridgehead atoms. The third kappa shape index (κ3) is 4.51. The molecular formula is C27H35ClN4O. The Labute approximate surface area is 203 Å². The van der Waals surface area contributed by atoms with E-state index in [4.69, 9.17) is 5.10 Å². The second kappa shape index (κ2) is 9.60. The molecular weight excluding hydrogens is 432 g/mol. The van der Waals surface area contributed by atoms with Crippen LogP contribution in [0.2, 0.25) is 0 Å². The predicted octanol–water partition coefficient (Wildman–Crippen LogP) is 6.35. The topological polar surface area (TPSA) is 59.0 Å². The number of carbonyl (C=O) groups excluding carboxylic acids is 1. The van der Waals surface area contributed by atoms with E-state index in [1.165, 1.54) is 5.56 Å². The Bertz CT molecular complexity index is 1090. The first-order valence-electron chi connectivity index (χ1n) is 11.6. The third-order valence-electron chi connectivity index (χ3n) is 6.96. The van der Waals surface area contributed by atoms with Crippen molar-refractivity contribution >= 4 is 24.1 Å². The number of fused-ring (bicyclic) bond motifs is 1. The summed E-state index contributed by atoms with van der Waals surface area (Å²) in [5.74, 6) is 0.729. The molecule has 3 aromatic rings. The summed E-state index contributed by atoms with van der Waals surface area (Å²) in [5.41, 5.74) is 3.12. The van der Waals surface area contributed by atoms with E-state index in [0.717, 1.165) is 36.3 Å². The van der Waals surface area contributed by atoms with Crippen molar-refractivity contribution in [1.29, 1.82) is 0 Å². The van der Waals surface area contributed by atoms with Crippen molar-refractivity contribution < 1.29 is 4.79 Å². The van der Waals surface area contributed by atoms with Crippen LogP contribution in [0.4, 0.5) is 5.82 Å². The van der Waals surface area contributed by atoms with E-state index in [9.17, 15) is 4.79 Å². The van der Waals surface area contributed by atoms with E-state index >= 15 is 0 Å². The fourth-order valence-corrected chi connectivity index (χ4v) is 5.00. The van der Waals surface area contributed by atoms with Gasteiger partial charge in [-0.25, -0.2) is 4.68 Å². The lowest BCUT2D eigenvalue weighted by Crippen LogP contribution is -2.45. The second-order valence-corrected chi connectivity index (χ2v) is 9.45. The first kappa shape index (κ1) is 24.8. The second-order valence-electron chi connectivity index (χ2n) is 9.45. The highest BCUT2D eigenvalue weighted by molar-refractivity contribution is 6.00. The number of benzene rings is 2. The molecule has 0 unspecified atom stereocenters. The van der Waals surface area contributed by atoms with Gasteiger partial charge in [-0.3, -0.25) is 4.79 Å². The maximum atomic E-state index is 13.8. The lowest BCUT2D eigenvalue weighted by atomic mass is 9.84. The Morgan fingerprint density at radius 3 is 2.24 bits per heavy atom. The van der Waals surface area contributed by atoms with Crippen LogP contribution in [0.3, 0.4) is 0 Å². The molecule has 5 nitrogen and oxygen atoms in total. The number of halogens is 1. The van der Waals surface area contributed by atoms with Crippen molar-refractivity contribution in [2.75, 3.05) is 5.32 Å². The number of aryl methyl sites for hydroxylation is 1. The van der Waals surface area contributed by atoms with Crippen LogP contribution in [0.15, 0.2) is 60.7 Å². The number of nitrogens with zero attached hydrogens (tertiary/aromatic N) is 2. The summed E-state index contributed by atoms with van der Waals surface area (Å²) in [7, 11) is 0. The molecule has 1 amide bonds. The summed E-state index contributed by atoms with van der Waals surface area (Å²) in [5, 5.41) is 11.8. The minimum atomic E-state index is -0.414. The van der Waals surface area contributed by atoms with Gasteiger partial charge in [0.15, 0.2) is 0 Å².